The first-order valence-electron chi connectivity index (χ1n) is 11.0. The molecule has 0 saturated heterocycles. The van der Waals surface area contributed by atoms with Crippen LogP contribution in [0.1, 0.15) is 42.6 Å². The van der Waals surface area contributed by atoms with Crippen molar-refractivity contribution in [1.82, 2.24) is 5.32 Å². The highest BCUT2D eigenvalue weighted by Gasteiger charge is 2.36. The van der Waals surface area contributed by atoms with Crippen LogP contribution in [-0.2, 0) is 10.7 Å². The fourth-order valence-electron chi connectivity index (χ4n) is 4.03. The smallest absolute Gasteiger partial charge is 0.387 e. The Morgan fingerprint density at radius 2 is 1.66 bits per heavy atom. The maximum atomic E-state index is 14.0. The highest BCUT2D eigenvalue weighted by atomic mass is 19.3. The average molecular weight is 484 g/mol. The molecule has 3 aromatic carbocycles. The number of ether oxygens (including phenoxy) is 1. The third kappa shape index (κ3) is 5.48. The van der Waals surface area contributed by atoms with Crippen molar-refractivity contribution < 1.29 is 27.1 Å². The van der Waals surface area contributed by atoms with Crippen LogP contribution in [0.15, 0.2) is 90.6 Å². The van der Waals surface area contributed by atoms with E-state index in [0.717, 1.165) is 12.5 Å². The molecule has 1 heterocycles. The van der Waals surface area contributed by atoms with Crippen molar-refractivity contribution in [1.29, 1.82) is 0 Å². The summed E-state index contributed by atoms with van der Waals surface area (Å²) in [4.78, 5) is 14.9. The molecule has 0 fully saturated rings. The molecule has 1 N–H and O–H groups in total. The number of benzene rings is 3. The van der Waals surface area contributed by atoms with E-state index in [4.69, 9.17) is 0 Å². The molecule has 2 unspecified atom stereocenters. The first kappa shape index (κ1) is 24.3. The van der Waals surface area contributed by atoms with Gasteiger partial charge in [0.2, 0.25) is 0 Å². The van der Waals surface area contributed by atoms with E-state index in [9.17, 15) is 22.4 Å². The van der Waals surface area contributed by atoms with Gasteiger partial charge < -0.3 is 10.1 Å². The minimum atomic E-state index is -3.05. The Labute approximate surface area is 200 Å². The number of nitrogens with one attached hydrogen (secondary N) is 1. The third-order valence-corrected chi connectivity index (χ3v) is 5.80. The van der Waals surface area contributed by atoms with E-state index in [1.807, 2.05) is 37.3 Å². The highest BCUT2D eigenvalue weighted by Crippen LogP contribution is 2.38. The van der Waals surface area contributed by atoms with Gasteiger partial charge >= 0.3 is 6.61 Å². The van der Waals surface area contributed by atoms with Gasteiger partial charge in [-0.25, -0.2) is 8.78 Å². The Morgan fingerprint density at radius 3 is 2.29 bits per heavy atom. The van der Waals surface area contributed by atoms with Crippen LogP contribution < -0.4 is 15.0 Å². The van der Waals surface area contributed by atoms with Gasteiger partial charge in [0.1, 0.15) is 5.75 Å². The summed E-state index contributed by atoms with van der Waals surface area (Å²) in [5.74, 6) is -3.47. The van der Waals surface area contributed by atoms with E-state index in [2.05, 4.69) is 10.1 Å². The van der Waals surface area contributed by atoms with E-state index in [1.165, 1.54) is 47.4 Å². The maximum Gasteiger partial charge on any atom is 0.387 e. The Morgan fingerprint density at radius 1 is 0.971 bits per heavy atom. The molecule has 0 saturated carbocycles. The zero-order valence-electron chi connectivity index (χ0n) is 19.1. The van der Waals surface area contributed by atoms with E-state index in [1.54, 1.807) is 12.1 Å². The minimum Gasteiger partial charge on any atom is -0.435 e. The molecule has 0 radical (unpaired) electrons. The molecule has 0 aliphatic carbocycles. The predicted molar refractivity (Wildman–Crippen MR) is 125 cm³/mol. The predicted octanol–water partition coefficient (Wildman–Crippen LogP) is 6.72. The molecule has 1 aliphatic rings. The summed E-state index contributed by atoms with van der Waals surface area (Å²) in [5, 5.41) is 3.22. The fraction of sp³-hybridized carbons (Fsp3) is 0.222. The maximum absolute atomic E-state index is 14.0. The molecule has 1 aliphatic heterocycles. The Bertz CT molecular complexity index is 1210. The summed E-state index contributed by atoms with van der Waals surface area (Å²) in [6.45, 7) is -0.247. The summed E-state index contributed by atoms with van der Waals surface area (Å²) in [6, 6.07) is 20.2. The van der Waals surface area contributed by atoms with Crippen LogP contribution in [0.25, 0.3) is 0 Å². The molecular formula is C27H24F4N2O2. The quantitative estimate of drug-likeness (QED) is 0.361. The highest BCUT2D eigenvalue weighted by molar-refractivity contribution is 6.09. The standard InChI is InChI=1S/C27H24F4N2O2/c1-17(18-7-4-3-5-8-18)32-23-16-24(19-9-6-10-20(15-19)27(2,30)31)33(25(23)34)21-11-13-22(14-12-21)35-26(28)29/h3-17,24,26,32H,1-2H3. The van der Waals surface area contributed by atoms with E-state index in [0.29, 0.717) is 16.9 Å². The second kappa shape index (κ2) is 9.82. The lowest BCUT2D eigenvalue weighted by Crippen LogP contribution is -2.33. The SMILES string of the molecule is CC(NC1=CC(c2cccc(C(C)(F)F)c2)N(c2ccc(OC(F)F)cc2)C1=O)c1ccccc1. The zero-order valence-corrected chi connectivity index (χ0v) is 19.1. The Hall–Kier alpha value is -3.81. The number of halogens is 4. The molecule has 0 bridgehead atoms. The van der Waals surface area contributed by atoms with Gasteiger partial charge in [-0.1, -0.05) is 48.5 Å². The zero-order chi connectivity index (χ0) is 25.2. The van der Waals surface area contributed by atoms with E-state index >= 15 is 0 Å². The summed E-state index contributed by atoms with van der Waals surface area (Å²) < 4.78 is 57.5. The van der Waals surface area contributed by atoms with Crippen molar-refractivity contribution in [2.24, 2.45) is 0 Å². The number of nitrogens with zero attached hydrogens (tertiary/aromatic N) is 1. The van der Waals surface area contributed by atoms with E-state index in [-0.39, 0.29) is 23.3 Å². The first-order valence-corrected chi connectivity index (χ1v) is 11.0. The van der Waals surface area contributed by atoms with Crippen LogP contribution in [0.3, 0.4) is 0 Å². The molecule has 35 heavy (non-hydrogen) atoms. The van der Waals surface area contributed by atoms with Crippen LogP contribution in [0, 0.1) is 0 Å². The van der Waals surface area contributed by atoms with Crippen LogP contribution in [0.5, 0.6) is 5.75 Å². The van der Waals surface area contributed by atoms with Crippen molar-refractivity contribution in [3.8, 4) is 5.75 Å². The lowest BCUT2D eigenvalue weighted by molar-refractivity contribution is -0.115. The number of hydrogen-bond donors (Lipinski definition) is 1. The molecule has 1 amide bonds. The van der Waals surface area contributed by atoms with Crippen LogP contribution >= 0.6 is 0 Å². The molecule has 4 rings (SSSR count). The van der Waals surface area contributed by atoms with Gasteiger partial charge in [-0.15, -0.1) is 0 Å². The number of amides is 1. The van der Waals surface area contributed by atoms with Gasteiger partial charge in [-0.2, -0.15) is 8.78 Å². The fourth-order valence-corrected chi connectivity index (χ4v) is 4.03. The van der Waals surface area contributed by atoms with Crippen molar-refractivity contribution in [3.63, 3.8) is 0 Å². The second-order valence-corrected chi connectivity index (χ2v) is 8.36. The summed E-state index contributed by atoms with van der Waals surface area (Å²) in [6.07, 6.45) is 1.69. The second-order valence-electron chi connectivity index (χ2n) is 8.36. The number of carbonyl (C=O) groups excluding carboxylic acids is 1. The molecule has 0 spiro atoms. The van der Waals surface area contributed by atoms with Crippen LogP contribution in [0.2, 0.25) is 0 Å². The number of alkyl halides is 4. The molecule has 182 valence electrons. The van der Waals surface area contributed by atoms with Gasteiger partial charge in [0.15, 0.2) is 0 Å². The summed E-state index contributed by atoms with van der Waals surface area (Å²) in [7, 11) is 0. The number of anilines is 1. The number of carbonyl (C=O) groups is 1. The van der Waals surface area contributed by atoms with Crippen molar-refractivity contribution >= 4 is 11.6 Å². The van der Waals surface area contributed by atoms with E-state index < -0.39 is 18.6 Å². The Balaban J connectivity index is 1.70. The lowest BCUT2D eigenvalue weighted by Gasteiger charge is -2.26. The lowest BCUT2D eigenvalue weighted by atomic mass is 10.0. The number of rotatable bonds is 8. The van der Waals surface area contributed by atoms with Gasteiger partial charge in [0.25, 0.3) is 11.8 Å². The van der Waals surface area contributed by atoms with Crippen molar-refractivity contribution in [2.45, 2.75) is 38.5 Å². The van der Waals surface area contributed by atoms with Crippen LogP contribution in [-0.4, -0.2) is 12.5 Å². The molecular weight excluding hydrogens is 460 g/mol. The average Bonchev–Trinajstić information content (AvgIpc) is 3.15. The number of hydrogen-bond acceptors (Lipinski definition) is 3. The van der Waals surface area contributed by atoms with Crippen molar-refractivity contribution in [2.75, 3.05) is 4.90 Å². The Kier molecular flexibility index (Phi) is 6.82. The molecule has 8 heteroatoms. The molecule has 0 aromatic heterocycles. The minimum absolute atomic E-state index is 0.0522. The first-order chi connectivity index (χ1) is 16.6. The van der Waals surface area contributed by atoms with Gasteiger partial charge in [-0.05, 0) is 54.5 Å². The third-order valence-electron chi connectivity index (χ3n) is 5.80. The molecule has 3 aromatic rings. The monoisotopic (exact) mass is 484 g/mol. The summed E-state index contributed by atoms with van der Waals surface area (Å²) >= 11 is 0. The molecule has 4 nitrogen and oxygen atoms in total. The normalized spacial score (nSPS) is 16.9. The van der Waals surface area contributed by atoms with Crippen LogP contribution in [0.4, 0.5) is 23.2 Å². The largest absolute Gasteiger partial charge is 0.435 e. The summed E-state index contributed by atoms with van der Waals surface area (Å²) in [5.41, 5.74) is 2.02. The van der Waals surface area contributed by atoms with Gasteiger partial charge in [0, 0.05) is 24.2 Å². The van der Waals surface area contributed by atoms with Crippen molar-refractivity contribution in [3.05, 3.63) is 107 Å². The van der Waals surface area contributed by atoms with Gasteiger partial charge in [-0.3, -0.25) is 9.69 Å². The molecule has 2 atom stereocenters. The van der Waals surface area contributed by atoms with Gasteiger partial charge in [0.05, 0.1) is 11.7 Å². The topological polar surface area (TPSA) is 41.6 Å².